The number of rotatable bonds is 4. The molecule has 112 valence electrons. The predicted octanol–water partition coefficient (Wildman–Crippen LogP) is 3.42. The second kappa shape index (κ2) is 7.64. The van der Waals surface area contributed by atoms with Crippen LogP contribution in [0.4, 0.5) is 0 Å². The lowest BCUT2D eigenvalue weighted by atomic mass is 10.1. The van der Waals surface area contributed by atoms with Crippen LogP contribution in [0.1, 0.15) is 11.3 Å². The Labute approximate surface area is 154 Å². The lowest BCUT2D eigenvalue weighted by molar-refractivity contribution is -0.117. The third-order valence-corrected chi connectivity index (χ3v) is 4.17. The first-order valence-electron chi connectivity index (χ1n) is 6.11. The minimum Gasteiger partial charge on any atom is -0.506 e. The first-order chi connectivity index (χ1) is 10.5. The van der Waals surface area contributed by atoms with Crippen molar-refractivity contribution in [3.63, 3.8) is 0 Å². The van der Waals surface area contributed by atoms with E-state index in [4.69, 9.17) is 9.68 Å². The number of carbonyl (C=O) groups is 1. The normalized spacial score (nSPS) is 11.0. The topological polar surface area (TPSA) is 86.3 Å². The van der Waals surface area contributed by atoms with Gasteiger partial charge in [0.25, 0.3) is 5.91 Å². The molecule has 7 heteroatoms. The van der Waals surface area contributed by atoms with E-state index in [0.29, 0.717) is 14.9 Å². The van der Waals surface area contributed by atoms with Gasteiger partial charge in [-0.25, -0.2) is 0 Å². The van der Waals surface area contributed by atoms with Gasteiger partial charge in [0.1, 0.15) is 23.2 Å². The first kappa shape index (κ1) is 16.8. The van der Waals surface area contributed by atoms with Gasteiger partial charge in [0, 0.05) is 9.13 Å². The standard InChI is InChI=1S/C15H10I2N2O3/c16-11-5-9(14(20)13(17)6-11)4-10(7-18)15(21)19-8-12-2-1-3-22-12/h1-6,20H,8H2,(H,19,21)/b10-4+. The van der Waals surface area contributed by atoms with Crippen molar-refractivity contribution in [2.75, 3.05) is 0 Å². The summed E-state index contributed by atoms with van der Waals surface area (Å²) in [4.78, 5) is 12.0. The van der Waals surface area contributed by atoms with E-state index in [-0.39, 0.29) is 17.9 Å². The predicted molar refractivity (Wildman–Crippen MR) is 97.7 cm³/mol. The Balaban J connectivity index is 2.20. The van der Waals surface area contributed by atoms with E-state index < -0.39 is 5.91 Å². The van der Waals surface area contributed by atoms with E-state index in [0.717, 1.165) is 3.57 Å². The summed E-state index contributed by atoms with van der Waals surface area (Å²) in [6.07, 6.45) is 2.88. The van der Waals surface area contributed by atoms with Crippen molar-refractivity contribution in [3.05, 3.63) is 54.6 Å². The van der Waals surface area contributed by atoms with Crippen LogP contribution in [0.5, 0.6) is 5.75 Å². The molecule has 0 radical (unpaired) electrons. The number of halogens is 2. The van der Waals surface area contributed by atoms with Gasteiger partial charge in [-0.3, -0.25) is 4.79 Å². The summed E-state index contributed by atoms with van der Waals surface area (Å²) < 4.78 is 6.67. The molecule has 5 nitrogen and oxygen atoms in total. The third kappa shape index (κ3) is 4.23. The van der Waals surface area contributed by atoms with Gasteiger partial charge in [-0.2, -0.15) is 5.26 Å². The van der Waals surface area contributed by atoms with Gasteiger partial charge in [-0.15, -0.1) is 0 Å². The van der Waals surface area contributed by atoms with Gasteiger partial charge < -0.3 is 14.8 Å². The Morgan fingerprint density at radius 2 is 2.23 bits per heavy atom. The molecule has 0 unspecified atom stereocenters. The zero-order chi connectivity index (χ0) is 16.1. The highest BCUT2D eigenvalue weighted by Gasteiger charge is 2.12. The Kier molecular flexibility index (Phi) is 5.84. The van der Waals surface area contributed by atoms with Crippen molar-refractivity contribution in [1.29, 1.82) is 5.26 Å². The van der Waals surface area contributed by atoms with E-state index in [1.165, 1.54) is 12.3 Å². The number of aromatic hydroxyl groups is 1. The quantitative estimate of drug-likeness (QED) is 0.368. The van der Waals surface area contributed by atoms with Crippen molar-refractivity contribution in [3.8, 4) is 11.8 Å². The number of phenolic OH excluding ortho intramolecular Hbond substituents is 1. The molecule has 2 N–H and O–H groups in total. The number of nitriles is 1. The highest BCUT2D eigenvalue weighted by Crippen LogP contribution is 2.28. The molecule has 1 aromatic carbocycles. The van der Waals surface area contributed by atoms with Gasteiger partial charge in [-0.1, -0.05) is 0 Å². The summed E-state index contributed by atoms with van der Waals surface area (Å²) in [5.41, 5.74) is 0.348. The van der Waals surface area contributed by atoms with Crippen LogP contribution in [0, 0.1) is 18.5 Å². The molecular weight excluding hydrogens is 510 g/mol. The Bertz CT molecular complexity index is 762. The van der Waals surface area contributed by atoms with Gasteiger partial charge in [0.05, 0.1) is 16.4 Å². The molecule has 0 saturated carbocycles. The zero-order valence-electron chi connectivity index (χ0n) is 11.1. The van der Waals surface area contributed by atoms with Crippen LogP contribution in [-0.4, -0.2) is 11.0 Å². The first-order valence-corrected chi connectivity index (χ1v) is 8.27. The van der Waals surface area contributed by atoms with Gasteiger partial charge in [-0.05, 0) is 75.5 Å². The largest absolute Gasteiger partial charge is 0.506 e. The number of nitrogens with one attached hydrogen (secondary N) is 1. The van der Waals surface area contributed by atoms with Gasteiger partial charge in [0.15, 0.2) is 0 Å². The molecule has 0 fully saturated rings. The summed E-state index contributed by atoms with van der Waals surface area (Å²) in [5, 5.41) is 21.8. The summed E-state index contributed by atoms with van der Waals surface area (Å²) in [6, 6.07) is 8.80. The number of amides is 1. The molecule has 2 rings (SSSR count). The average molecular weight is 520 g/mol. The molecular formula is C15H10I2N2O3. The molecule has 0 aliphatic heterocycles. The fourth-order valence-corrected chi connectivity index (χ4v) is 3.57. The molecule has 2 aromatic rings. The molecule has 1 aromatic heterocycles. The molecule has 0 spiro atoms. The number of carbonyl (C=O) groups excluding carboxylic acids is 1. The molecule has 0 aliphatic carbocycles. The van der Waals surface area contributed by atoms with Gasteiger partial charge >= 0.3 is 0 Å². The molecule has 1 amide bonds. The maximum atomic E-state index is 12.0. The number of phenols is 1. The maximum absolute atomic E-state index is 12.0. The average Bonchev–Trinajstić information content (AvgIpc) is 3.00. The zero-order valence-corrected chi connectivity index (χ0v) is 15.5. The molecule has 0 atom stereocenters. The van der Waals surface area contributed by atoms with Crippen molar-refractivity contribution >= 4 is 57.2 Å². The molecule has 1 heterocycles. The SMILES string of the molecule is N#C/C(=C\c1cc(I)cc(I)c1O)C(=O)NCc1ccco1. The fraction of sp³-hybridized carbons (Fsp3) is 0.0667. The molecule has 0 aliphatic rings. The molecule has 0 saturated heterocycles. The number of furan rings is 1. The summed E-state index contributed by atoms with van der Waals surface area (Å²) in [7, 11) is 0. The van der Waals surface area contributed by atoms with E-state index in [1.54, 1.807) is 24.3 Å². The second-order valence-corrected chi connectivity index (χ2v) is 6.67. The van der Waals surface area contributed by atoms with E-state index in [2.05, 4.69) is 27.9 Å². The highest BCUT2D eigenvalue weighted by atomic mass is 127. The van der Waals surface area contributed by atoms with E-state index in [1.807, 2.05) is 28.7 Å². The Morgan fingerprint density at radius 3 is 2.86 bits per heavy atom. The Hall–Kier alpha value is -1.54. The van der Waals surface area contributed by atoms with E-state index >= 15 is 0 Å². The minimum atomic E-state index is -0.521. The number of hydrogen-bond donors (Lipinski definition) is 2. The van der Waals surface area contributed by atoms with Crippen molar-refractivity contribution < 1.29 is 14.3 Å². The smallest absolute Gasteiger partial charge is 0.262 e. The van der Waals surface area contributed by atoms with E-state index in [9.17, 15) is 9.90 Å². The van der Waals surface area contributed by atoms with Gasteiger partial charge in [0.2, 0.25) is 0 Å². The van der Waals surface area contributed by atoms with Crippen molar-refractivity contribution in [2.45, 2.75) is 6.54 Å². The second-order valence-electron chi connectivity index (χ2n) is 4.26. The monoisotopic (exact) mass is 520 g/mol. The minimum absolute atomic E-state index is 0.0487. The number of nitrogens with zero attached hydrogens (tertiary/aromatic N) is 1. The van der Waals surface area contributed by atoms with Crippen LogP contribution >= 0.6 is 45.2 Å². The Morgan fingerprint density at radius 1 is 1.45 bits per heavy atom. The van der Waals surface area contributed by atoms with Crippen molar-refractivity contribution in [2.24, 2.45) is 0 Å². The lowest BCUT2D eigenvalue weighted by Gasteiger charge is -2.05. The highest BCUT2D eigenvalue weighted by molar-refractivity contribution is 14.1. The van der Waals surface area contributed by atoms with Crippen LogP contribution < -0.4 is 5.32 Å². The molecule has 22 heavy (non-hydrogen) atoms. The fourth-order valence-electron chi connectivity index (χ4n) is 1.68. The summed E-state index contributed by atoms with van der Waals surface area (Å²) in [6.45, 7) is 0.195. The van der Waals surface area contributed by atoms with Crippen LogP contribution in [0.25, 0.3) is 6.08 Å². The van der Waals surface area contributed by atoms with Crippen molar-refractivity contribution in [1.82, 2.24) is 5.32 Å². The van der Waals surface area contributed by atoms with Crippen LogP contribution in [0.2, 0.25) is 0 Å². The lowest BCUT2D eigenvalue weighted by Crippen LogP contribution is -2.23. The summed E-state index contributed by atoms with van der Waals surface area (Å²) in [5.74, 6) is 0.122. The number of benzene rings is 1. The van der Waals surface area contributed by atoms with Crippen LogP contribution in [0.15, 0.2) is 40.5 Å². The number of hydrogen-bond acceptors (Lipinski definition) is 4. The third-order valence-electron chi connectivity index (χ3n) is 2.73. The van der Waals surface area contributed by atoms with Crippen LogP contribution in [0.3, 0.4) is 0 Å². The van der Waals surface area contributed by atoms with Crippen LogP contribution in [-0.2, 0) is 11.3 Å². The molecule has 0 bridgehead atoms. The maximum Gasteiger partial charge on any atom is 0.262 e. The summed E-state index contributed by atoms with van der Waals surface area (Å²) >= 11 is 4.10.